The van der Waals surface area contributed by atoms with Crippen LogP contribution in [0.1, 0.15) is 65.9 Å². The molecular formula is C18H30O2. The second-order valence-corrected chi connectivity index (χ2v) is 5.94. The Hall–Kier alpha value is -1.31. The van der Waals surface area contributed by atoms with Gasteiger partial charge in [0.2, 0.25) is 0 Å². The van der Waals surface area contributed by atoms with E-state index in [9.17, 15) is 4.79 Å². The fourth-order valence-electron chi connectivity index (χ4n) is 1.54. The maximum Gasteiger partial charge on any atom is 0.305 e. The molecule has 0 heterocycles. The fourth-order valence-corrected chi connectivity index (χ4v) is 1.54. The summed E-state index contributed by atoms with van der Waals surface area (Å²) in [4.78, 5) is 10.7. The third-order valence-electron chi connectivity index (χ3n) is 2.85. The third kappa shape index (κ3) is 9.60. The summed E-state index contributed by atoms with van der Waals surface area (Å²) in [6, 6.07) is 10.6. The van der Waals surface area contributed by atoms with E-state index in [1.807, 2.05) is 6.92 Å². The van der Waals surface area contributed by atoms with E-state index in [4.69, 9.17) is 4.74 Å². The molecule has 0 aliphatic carbocycles. The molecule has 0 saturated carbocycles. The zero-order valence-electron chi connectivity index (χ0n) is 13.7. The van der Waals surface area contributed by atoms with Crippen molar-refractivity contribution < 1.29 is 9.53 Å². The van der Waals surface area contributed by atoms with E-state index >= 15 is 0 Å². The van der Waals surface area contributed by atoms with E-state index in [0.29, 0.717) is 18.4 Å². The molecule has 0 fully saturated rings. The first-order valence-corrected chi connectivity index (χ1v) is 7.63. The molecule has 0 aromatic heterocycles. The monoisotopic (exact) mass is 278 g/mol. The molecule has 0 N–H and O–H groups in total. The van der Waals surface area contributed by atoms with Gasteiger partial charge in [0.1, 0.15) is 0 Å². The van der Waals surface area contributed by atoms with Gasteiger partial charge in [0, 0.05) is 6.42 Å². The normalized spacial score (nSPS) is 10.4. The predicted octanol–water partition coefficient (Wildman–Crippen LogP) is 5.11. The van der Waals surface area contributed by atoms with Crippen molar-refractivity contribution in [2.24, 2.45) is 0 Å². The Morgan fingerprint density at radius 1 is 1.05 bits per heavy atom. The summed E-state index contributed by atoms with van der Waals surface area (Å²) in [5.41, 5.74) is 1.69. The summed E-state index contributed by atoms with van der Waals surface area (Å²) in [7, 11) is 0. The Labute approximate surface area is 124 Å². The van der Waals surface area contributed by atoms with Crippen LogP contribution in [0.15, 0.2) is 30.3 Å². The number of benzene rings is 1. The summed E-state index contributed by atoms with van der Waals surface area (Å²) in [6.45, 7) is 11.3. The van der Waals surface area contributed by atoms with Gasteiger partial charge in [-0.15, -0.1) is 0 Å². The van der Waals surface area contributed by atoms with E-state index in [1.54, 1.807) is 0 Å². The molecule has 1 aromatic carbocycles. The van der Waals surface area contributed by atoms with Gasteiger partial charge in [-0.05, 0) is 23.8 Å². The number of hydrogen-bond acceptors (Lipinski definition) is 2. The van der Waals surface area contributed by atoms with Crippen molar-refractivity contribution in [1.29, 1.82) is 0 Å². The Bertz CT molecular complexity index is 349. The molecule has 1 aromatic rings. The lowest BCUT2D eigenvalue weighted by Crippen LogP contribution is -2.10. The lowest BCUT2D eigenvalue weighted by molar-refractivity contribution is -0.143. The second-order valence-electron chi connectivity index (χ2n) is 5.94. The lowest BCUT2D eigenvalue weighted by Gasteiger charge is -2.18. The fraction of sp³-hybridized carbons (Fsp3) is 0.611. The van der Waals surface area contributed by atoms with Crippen molar-refractivity contribution >= 4 is 5.97 Å². The highest BCUT2D eigenvalue weighted by Crippen LogP contribution is 2.20. The molecule has 2 nitrogen and oxygen atoms in total. The number of hydrogen-bond donors (Lipinski definition) is 0. The lowest BCUT2D eigenvalue weighted by atomic mass is 9.87. The minimum Gasteiger partial charge on any atom is -0.466 e. The largest absolute Gasteiger partial charge is 0.466 e. The van der Waals surface area contributed by atoms with E-state index in [1.165, 1.54) is 5.56 Å². The highest BCUT2D eigenvalue weighted by Gasteiger charge is 2.11. The van der Waals surface area contributed by atoms with E-state index in [2.05, 4.69) is 58.0 Å². The molecule has 0 spiro atoms. The second kappa shape index (κ2) is 10.5. The number of rotatable bonds is 5. The minimum atomic E-state index is -0.0593. The van der Waals surface area contributed by atoms with Gasteiger partial charge in [-0.25, -0.2) is 0 Å². The Morgan fingerprint density at radius 2 is 1.65 bits per heavy atom. The topological polar surface area (TPSA) is 26.3 Å². The van der Waals surface area contributed by atoms with Crippen LogP contribution in [0, 0.1) is 0 Å². The van der Waals surface area contributed by atoms with Crippen LogP contribution in [0.5, 0.6) is 0 Å². The minimum absolute atomic E-state index is 0.0593. The number of unbranched alkanes of at least 4 members (excludes halogenated alkanes) is 1. The number of ether oxygens (including phenoxy) is 1. The molecule has 1 rings (SSSR count). The number of esters is 1. The van der Waals surface area contributed by atoms with Gasteiger partial charge in [-0.2, -0.15) is 0 Å². The summed E-state index contributed by atoms with van der Waals surface area (Å²) < 4.78 is 4.88. The predicted molar refractivity (Wildman–Crippen MR) is 85.9 cm³/mol. The summed E-state index contributed by atoms with van der Waals surface area (Å²) >= 11 is 0. The number of carbonyl (C=O) groups is 1. The van der Waals surface area contributed by atoms with Gasteiger partial charge < -0.3 is 4.74 Å². The van der Waals surface area contributed by atoms with Crippen LogP contribution in [0.25, 0.3) is 0 Å². The van der Waals surface area contributed by atoms with Gasteiger partial charge >= 0.3 is 5.97 Å². The Kier molecular flexibility index (Phi) is 9.79. The SMILES string of the molecule is CC(C)(C)c1ccccc1.CCCCOC(=O)CCC. The van der Waals surface area contributed by atoms with Gasteiger partial charge in [0.15, 0.2) is 0 Å². The first-order valence-electron chi connectivity index (χ1n) is 7.63. The molecule has 0 radical (unpaired) electrons. The van der Waals surface area contributed by atoms with Crippen molar-refractivity contribution in [2.75, 3.05) is 6.61 Å². The van der Waals surface area contributed by atoms with Crippen molar-refractivity contribution in [3.05, 3.63) is 35.9 Å². The van der Waals surface area contributed by atoms with Crippen molar-refractivity contribution in [2.45, 2.75) is 65.7 Å². The van der Waals surface area contributed by atoms with Crippen LogP contribution in [-0.2, 0) is 14.9 Å². The molecular weight excluding hydrogens is 248 g/mol. The van der Waals surface area contributed by atoms with Crippen LogP contribution >= 0.6 is 0 Å². The maximum atomic E-state index is 10.7. The van der Waals surface area contributed by atoms with Crippen LogP contribution in [0.3, 0.4) is 0 Å². The van der Waals surface area contributed by atoms with Crippen LogP contribution < -0.4 is 0 Å². The maximum absolute atomic E-state index is 10.7. The third-order valence-corrected chi connectivity index (χ3v) is 2.85. The molecule has 0 bridgehead atoms. The first kappa shape index (κ1) is 18.7. The molecule has 20 heavy (non-hydrogen) atoms. The summed E-state index contributed by atoms with van der Waals surface area (Å²) in [5.74, 6) is -0.0593. The Morgan fingerprint density at radius 3 is 2.05 bits per heavy atom. The standard InChI is InChI=1S/C10H14.C8H16O2/c1-10(2,3)9-7-5-4-6-8-9;1-3-5-7-10-8(9)6-4-2/h4-8H,1-3H3;3-7H2,1-2H3. The van der Waals surface area contributed by atoms with E-state index in [-0.39, 0.29) is 5.97 Å². The van der Waals surface area contributed by atoms with E-state index in [0.717, 1.165) is 19.3 Å². The zero-order valence-corrected chi connectivity index (χ0v) is 13.7. The van der Waals surface area contributed by atoms with Gasteiger partial charge in [0.05, 0.1) is 6.61 Å². The molecule has 0 aliphatic heterocycles. The van der Waals surface area contributed by atoms with E-state index < -0.39 is 0 Å². The average Bonchev–Trinajstić information content (AvgIpc) is 2.40. The smallest absolute Gasteiger partial charge is 0.305 e. The van der Waals surface area contributed by atoms with Crippen molar-refractivity contribution in [1.82, 2.24) is 0 Å². The molecule has 114 valence electrons. The van der Waals surface area contributed by atoms with Gasteiger partial charge in [0.25, 0.3) is 0 Å². The Balaban J connectivity index is 0.000000361. The van der Waals surface area contributed by atoms with Gasteiger partial charge in [-0.3, -0.25) is 4.79 Å². The average molecular weight is 278 g/mol. The first-order chi connectivity index (χ1) is 9.41. The van der Waals surface area contributed by atoms with Gasteiger partial charge in [-0.1, -0.05) is 71.4 Å². The number of carbonyl (C=O) groups excluding carboxylic acids is 1. The summed E-state index contributed by atoms with van der Waals surface area (Å²) in [6.07, 6.45) is 3.50. The highest BCUT2D eigenvalue weighted by molar-refractivity contribution is 5.69. The quantitative estimate of drug-likeness (QED) is 0.552. The summed E-state index contributed by atoms with van der Waals surface area (Å²) in [5, 5.41) is 0. The molecule has 0 atom stereocenters. The van der Waals surface area contributed by atoms with Crippen LogP contribution in [0.2, 0.25) is 0 Å². The van der Waals surface area contributed by atoms with Crippen molar-refractivity contribution in [3.63, 3.8) is 0 Å². The van der Waals surface area contributed by atoms with Crippen LogP contribution in [0.4, 0.5) is 0 Å². The highest BCUT2D eigenvalue weighted by atomic mass is 16.5. The molecule has 0 amide bonds. The molecule has 0 aliphatic rings. The molecule has 0 unspecified atom stereocenters. The van der Waals surface area contributed by atoms with Crippen molar-refractivity contribution in [3.8, 4) is 0 Å². The molecule has 0 saturated heterocycles. The van der Waals surface area contributed by atoms with Crippen LogP contribution in [-0.4, -0.2) is 12.6 Å². The molecule has 2 heteroatoms. The zero-order chi connectivity index (χ0) is 15.4.